The fraction of sp³-hybridized carbons (Fsp3) is 0.368. The van der Waals surface area contributed by atoms with Gasteiger partial charge in [0.05, 0.1) is 0 Å². The minimum absolute atomic E-state index is 0.361. The molecule has 3 aliphatic rings. The molecule has 0 N–H and O–H groups in total. The van der Waals surface area contributed by atoms with Crippen LogP contribution in [-0.4, -0.2) is 0 Å². The zero-order valence-corrected chi connectivity index (χ0v) is 37.7. The highest BCUT2D eigenvalue weighted by Crippen LogP contribution is 2.39. The van der Waals surface area contributed by atoms with Crippen LogP contribution in [0.3, 0.4) is 0 Å². The van der Waals surface area contributed by atoms with Crippen LogP contribution in [0.15, 0.2) is 109 Å². The van der Waals surface area contributed by atoms with Gasteiger partial charge < -0.3 is 0 Å². The number of hydrogen-bond acceptors (Lipinski definition) is 0. The maximum Gasteiger partial charge on any atom is 0.194 e. The van der Waals surface area contributed by atoms with Crippen molar-refractivity contribution in [3.8, 4) is 33.4 Å². The van der Waals surface area contributed by atoms with E-state index in [0.29, 0.717) is 51.1 Å². The van der Waals surface area contributed by atoms with Crippen molar-refractivity contribution < 1.29 is 39.5 Å². The summed E-state index contributed by atoms with van der Waals surface area (Å²) in [6, 6.07) is 29.5. The van der Waals surface area contributed by atoms with Gasteiger partial charge in [-0.3, -0.25) is 0 Å². The Morgan fingerprint density at radius 3 is 0.621 bits per heavy atom. The van der Waals surface area contributed by atoms with Crippen LogP contribution in [-0.2, 0) is 0 Å². The number of hydrogen-bond donors (Lipinski definition) is 0. The molecule has 0 aromatic heterocycles. The first-order valence-corrected chi connectivity index (χ1v) is 23.4. The van der Waals surface area contributed by atoms with Crippen LogP contribution in [0.5, 0.6) is 0 Å². The lowest BCUT2D eigenvalue weighted by atomic mass is 9.79. The van der Waals surface area contributed by atoms with E-state index in [1.807, 2.05) is 72.8 Å². The SMILES string of the molecule is CC1CCC(c2ccc(-c3cc(F)c(F)c(F)c3)cc2)CC1.CC1CCC(c2ccc(-c3cc(F)c(F)c(F)c3)cc2)CC1.CC1CCC(c2ccc(-c3cc(F)c(F)c(F)c3)cc2)CC1. The van der Waals surface area contributed by atoms with Gasteiger partial charge in [0, 0.05) is 0 Å². The van der Waals surface area contributed by atoms with Crippen molar-refractivity contribution in [3.63, 3.8) is 0 Å². The standard InChI is InChI=1S/3C19H19F3/c3*1-12-2-4-13(5-3-12)14-6-8-15(9-7-14)16-10-17(20)19(22)18(21)11-16/h3*6-13H,2-5H2,1H3. The summed E-state index contributed by atoms with van der Waals surface area (Å²) < 4.78 is 119. The van der Waals surface area contributed by atoms with Gasteiger partial charge in [-0.1, -0.05) is 132 Å². The van der Waals surface area contributed by atoms with E-state index >= 15 is 0 Å². The van der Waals surface area contributed by atoms with Gasteiger partial charge in [0.1, 0.15) is 0 Å². The quantitative estimate of drug-likeness (QED) is 0.115. The maximum atomic E-state index is 13.3. The van der Waals surface area contributed by atoms with Crippen LogP contribution < -0.4 is 0 Å². The van der Waals surface area contributed by atoms with Gasteiger partial charge in [-0.25, -0.2) is 39.5 Å². The fourth-order valence-electron chi connectivity index (χ4n) is 9.79. The van der Waals surface area contributed by atoms with Gasteiger partial charge in [-0.05, 0) is 161 Å². The van der Waals surface area contributed by atoms with Gasteiger partial charge in [0.2, 0.25) is 0 Å². The number of halogens is 9. The Kier molecular flexibility index (Phi) is 16.2. The summed E-state index contributed by atoms with van der Waals surface area (Å²) >= 11 is 0. The van der Waals surface area contributed by atoms with Gasteiger partial charge in [0.25, 0.3) is 0 Å². The van der Waals surface area contributed by atoms with Crippen molar-refractivity contribution in [1.82, 2.24) is 0 Å². The van der Waals surface area contributed by atoms with Crippen LogP contribution in [0, 0.1) is 70.1 Å². The third kappa shape index (κ3) is 12.2. The molecule has 0 atom stereocenters. The first-order chi connectivity index (χ1) is 31.6. The summed E-state index contributed by atoms with van der Waals surface area (Å²) in [6.07, 6.45) is 14.7. The first-order valence-electron chi connectivity index (χ1n) is 23.4. The Bertz CT molecular complexity index is 2170. The molecule has 3 saturated carbocycles. The first kappa shape index (κ1) is 48.6. The molecule has 0 unspecified atom stereocenters. The summed E-state index contributed by atoms with van der Waals surface area (Å²) in [4.78, 5) is 0. The van der Waals surface area contributed by atoms with E-state index in [1.165, 1.54) is 93.7 Å². The fourth-order valence-corrected chi connectivity index (χ4v) is 9.79. The molecule has 66 heavy (non-hydrogen) atoms. The molecule has 0 aliphatic heterocycles. The number of rotatable bonds is 6. The zero-order valence-electron chi connectivity index (χ0n) is 37.7. The molecule has 0 bridgehead atoms. The predicted molar refractivity (Wildman–Crippen MR) is 246 cm³/mol. The van der Waals surface area contributed by atoms with Crippen molar-refractivity contribution >= 4 is 0 Å². The molecule has 0 nitrogen and oxygen atoms in total. The highest BCUT2D eigenvalue weighted by atomic mass is 19.2. The molecule has 0 saturated heterocycles. The Morgan fingerprint density at radius 2 is 0.439 bits per heavy atom. The summed E-state index contributed by atoms with van der Waals surface area (Å²) in [6.45, 7) is 6.87. The molecule has 6 aromatic rings. The molecule has 3 aliphatic carbocycles. The van der Waals surface area contributed by atoms with Crippen LogP contribution in [0.25, 0.3) is 33.4 Å². The lowest BCUT2D eigenvalue weighted by molar-refractivity contribution is 0.348. The second kappa shape index (κ2) is 22.0. The van der Waals surface area contributed by atoms with Gasteiger partial charge >= 0.3 is 0 Å². The normalized spacial score (nSPS) is 21.8. The van der Waals surface area contributed by atoms with Crippen LogP contribution >= 0.6 is 0 Å². The van der Waals surface area contributed by atoms with E-state index in [9.17, 15) is 39.5 Å². The zero-order chi connectivity index (χ0) is 47.1. The highest BCUT2D eigenvalue weighted by molar-refractivity contribution is 5.66. The van der Waals surface area contributed by atoms with Crippen LogP contribution in [0.2, 0.25) is 0 Å². The van der Waals surface area contributed by atoms with Crippen molar-refractivity contribution in [2.24, 2.45) is 17.8 Å². The van der Waals surface area contributed by atoms with E-state index in [1.54, 1.807) is 0 Å². The molecule has 9 rings (SSSR count). The molecule has 3 fully saturated rings. The monoisotopic (exact) mass is 912 g/mol. The minimum atomic E-state index is -1.42. The van der Waals surface area contributed by atoms with E-state index in [2.05, 4.69) is 20.8 Å². The molecular weight excluding hydrogens is 856 g/mol. The summed E-state index contributed by atoms with van der Waals surface area (Å²) in [5.41, 5.74) is 7.01. The molecule has 0 radical (unpaired) electrons. The van der Waals surface area contributed by atoms with E-state index < -0.39 is 52.4 Å². The third-order valence-electron chi connectivity index (χ3n) is 14.1. The molecule has 6 aromatic carbocycles. The third-order valence-corrected chi connectivity index (χ3v) is 14.1. The van der Waals surface area contributed by atoms with Crippen LogP contribution in [0.4, 0.5) is 39.5 Å². The highest BCUT2D eigenvalue weighted by Gasteiger charge is 2.23. The lowest BCUT2D eigenvalue weighted by Crippen LogP contribution is -2.10. The predicted octanol–water partition coefficient (Wildman–Crippen LogP) is 18.2. The molecule has 9 heteroatoms. The molecular formula is C57H57F9. The van der Waals surface area contributed by atoms with Crippen LogP contribution in [0.1, 0.15) is 132 Å². The van der Waals surface area contributed by atoms with Gasteiger partial charge in [-0.15, -0.1) is 0 Å². The summed E-state index contributed by atoms with van der Waals surface area (Å²) in [5.74, 6) is -7.03. The van der Waals surface area contributed by atoms with E-state index in [0.717, 1.165) is 54.2 Å². The van der Waals surface area contributed by atoms with Crippen molar-refractivity contribution in [1.29, 1.82) is 0 Å². The largest absolute Gasteiger partial charge is 0.204 e. The topological polar surface area (TPSA) is 0 Å². The maximum absolute atomic E-state index is 13.3. The molecule has 0 heterocycles. The minimum Gasteiger partial charge on any atom is -0.204 e. The second-order valence-corrected chi connectivity index (χ2v) is 19.0. The van der Waals surface area contributed by atoms with Crippen molar-refractivity contribution in [2.45, 2.75) is 116 Å². The Labute approximate surface area is 383 Å². The van der Waals surface area contributed by atoms with Gasteiger partial charge in [-0.2, -0.15) is 0 Å². The summed E-state index contributed by atoms with van der Waals surface area (Å²) in [7, 11) is 0. The molecule has 0 spiro atoms. The summed E-state index contributed by atoms with van der Waals surface area (Å²) in [5, 5.41) is 0. The van der Waals surface area contributed by atoms with Crippen molar-refractivity contribution in [3.05, 3.63) is 178 Å². The number of benzene rings is 6. The Balaban J connectivity index is 0.000000147. The molecule has 348 valence electrons. The Hall–Kier alpha value is -5.31. The molecule has 0 amide bonds. The Morgan fingerprint density at radius 1 is 0.258 bits per heavy atom. The second-order valence-electron chi connectivity index (χ2n) is 19.0. The van der Waals surface area contributed by atoms with Crippen molar-refractivity contribution in [2.75, 3.05) is 0 Å². The smallest absolute Gasteiger partial charge is 0.194 e. The van der Waals surface area contributed by atoms with Gasteiger partial charge in [0.15, 0.2) is 52.4 Å². The van der Waals surface area contributed by atoms with E-state index in [4.69, 9.17) is 0 Å². The van der Waals surface area contributed by atoms with E-state index in [-0.39, 0.29) is 0 Å². The average molecular weight is 913 g/mol. The lowest BCUT2D eigenvalue weighted by Gasteiger charge is -2.26. The average Bonchev–Trinajstić information content (AvgIpc) is 3.32.